The number of hydrogen-bond donors (Lipinski definition) is 1. The Labute approximate surface area is 196 Å². The summed E-state index contributed by atoms with van der Waals surface area (Å²) in [6.45, 7) is 2.70. The maximum Gasteiger partial charge on any atom is 0.283 e. The normalized spacial score (nSPS) is 16.4. The molecule has 1 N–H and O–H groups in total. The highest BCUT2D eigenvalue weighted by molar-refractivity contribution is 8.26. The molecule has 0 unspecified atom stereocenters. The number of thioether (sulfide) groups is 1. The number of carbonyl (C=O) groups excluding carboxylic acids is 1. The zero-order valence-electron chi connectivity index (χ0n) is 18.4. The van der Waals surface area contributed by atoms with Gasteiger partial charge in [-0.1, -0.05) is 31.2 Å². The molecule has 8 nitrogen and oxygen atoms in total. The molecule has 2 aliphatic rings. The van der Waals surface area contributed by atoms with Crippen molar-refractivity contribution in [1.29, 1.82) is 5.41 Å². The summed E-state index contributed by atoms with van der Waals surface area (Å²) in [6.07, 6.45) is 3.35. The standard InChI is InChI=1S/C24H24N4O4S/c1-3-7-21-27-28-22(25)19(23(29)26-24(28)33-21)14-16-8-4-5-11-20(16)32-13-12-31-18-10-6-9-17(15-18)30-2/h4-6,8-11,14-15,25H,3,7,12-13H2,1-2H3. The summed E-state index contributed by atoms with van der Waals surface area (Å²) < 4.78 is 16.8. The number of amides is 1. The predicted octanol–water partition coefficient (Wildman–Crippen LogP) is 4.57. The van der Waals surface area contributed by atoms with Gasteiger partial charge in [0.05, 0.1) is 12.7 Å². The molecule has 1 amide bonds. The molecule has 0 spiro atoms. The summed E-state index contributed by atoms with van der Waals surface area (Å²) in [5, 5.41) is 15.7. The van der Waals surface area contributed by atoms with Crippen LogP contribution in [-0.4, -0.2) is 47.3 Å². The zero-order valence-corrected chi connectivity index (χ0v) is 19.2. The number of para-hydroxylation sites is 1. The number of benzene rings is 2. The van der Waals surface area contributed by atoms with Crippen molar-refractivity contribution in [2.24, 2.45) is 10.1 Å². The number of nitrogens with one attached hydrogen (secondary N) is 1. The Morgan fingerprint density at radius 1 is 1.09 bits per heavy atom. The lowest BCUT2D eigenvalue weighted by molar-refractivity contribution is -0.114. The molecule has 0 aliphatic carbocycles. The summed E-state index contributed by atoms with van der Waals surface area (Å²) >= 11 is 1.34. The van der Waals surface area contributed by atoms with E-state index in [1.165, 1.54) is 16.8 Å². The molecule has 0 radical (unpaired) electrons. The molecule has 170 valence electrons. The lowest BCUT2D eigenvalue weighted by Gasteiger charge is -2.20. The van der Waals surface area contributed by atoms with Crippen molar-refractivity contribution >= 4 is 39.8 Å². The summed E-state index contributed by atoms with van der Waals surface area (Å²) in [4.78, 5) is 16.8. The van der Waals surface area contributed by atoms with Gasteiger partial charge in [-0.25, -0.2) is 0 Å². The van der Waals surface area contributed by atoms with Crippen LogP contribution in [0.25, 0.3) is 6.08 Å². The number of fused-ring (bicyclic) bond motifs is 1. The van der Waals surface area contributed by atoms with Gasteiger partial charge in [-0.05, 0) is 48.9 Å². The van der Waals surface area contributed by atoms with Crippen LogP contribution >= 0.6 is 11.8 Å². The third-order valence-corrected chi connectivity index (χ3v) is 5.80. The molecule has 2 aliphatic heterocycles. The minimum absolute atomic E-state index is 0.0137. The van der Waals surface area contributed by atoms with E-state index in [4.69, 9.17) is 19.6 Å². The van der Waals surface area contributed by atoms with Crippen molar-refractivity contribution < 1.29 is 19.0 Å². The van der Waals surface area contributed by atoms with Gasteiger partial charge in [0.25, 0.3) is 5.91 Å². The summed E-state index contributed by atoms with van der Waals surface area (Å²) in [7, 11) is 1.61. The Balaban J connectivity index is 1.45. The quantitative estimate of drug-likeness (QED) is 0.431. The van der Waals surface area contributed by atoms with E-state index >= 15 is 0 Å². The highest BCUT2D eigenvalue weighted by Gasteiger charge is 2.35. The summed E-state index contributed by atoms with van der Waals surface area (Å²) in [5.41, 5.74) is 0.847. The fraction of sp³-hybridized carbons (Fsp3) is 0.250. The van der Waals surface area contributed by atoms with Crippen molar-refractivity contribution in [3.05, 3.63) is 59.7 Å². The van der Waals surface area contributed by atoms with E-state index in [0.29, 0.717) is 35.4 Å². The molecule has 0 aromatic heterocycles. The smallest absolute Gasteiger partial charge is 0.283 e. The van der Waals surface area contributed by atoms with Crippen LogP contribution in [0.4, 0.5) is 0 Å². The third-order valence-electron chi connectivity index (χ3n) is 4.83. The second kappa shape index (κ2) is 10.4. The summed E-state index contributed by atoms with van der Waals surface area (Å²) in [5.74, 6) is 1.55. The average Bonchev–Trinajstić information content (AvgIpc) is 3.23. The van der Waals surface area contributed by atoms with Gasteiger partial charge in [0.15, 0.2) is 5.84 Å². The number of hydrazone groups is 1. The SMILES string of the molecule is CCCC1=NN2C(=N)C(=Cc3ccccc3OCCOc3cccc(OC)c3)C(=O)N=C2S1. The lowest BCUT2D eigenvalue weighted by atomic mass is 10.1. The molecular formula is C24H24N4O4S. The molecule has 4 rings (SSSR count). The number of methoxy groups -OCH3 is 1. The fourth-order valence-corrected chi connectivity index (χ4v) is 4.22. The van der Waals surface area contributed by atoms with E-state index in [9.17, 15) is 4.79 Å². The van der Waals surface area contributed by atoms with Gasteiger partial charge in [-0.15, -0.1) is 0 Å². The maximum atomic E-state index is 12.6. The van der Waals surface area contributed by atoms with Crippen molar-refractivity contribution in [2.75, 3.05) is 20.3 Å². The van der Waals surface area contributed by atoms with Gasteiger partial charge in [0.1, 0.15) is 35.5 Å². The molecular weight excluding hydrogens is 440 g/mol. The summed E-state index contributed by atoms with van der Waals surface area (Å²) in [6, 6.07) is 14.7. The molecule has 0 bridgehead atoms. The first-order chi connectivity index (χ1) is 16.1. The topological polar surface area (TPSA) is 96.6 Å². The van der Waals surface area contributed by atoms with Crippen LogP contribution in [0.3, 0.4) is 0 Å². The molecule has 0 saturated carbocycles. The Hall–Kier alpha value is -3.59. The molecule has 0 fully saturated rings. The van der Waals surface area contributed by atoms with Gasteiger partial charge in [-0.3, -0.25) is 10.2 Å². The fourth-order valence-electron chi connectivity index (χ4n) is 3.24. The van der Waals surface area contributed by atoms with E-state index in [1.807, 2.05) is 42.5 Å². The molecule has 2 aromatic carbocycles. The van der Waals surface area contributed by atoms with Crippen molar-refractivity contribution in [3.8, 4) is 17.2 Å². The van der Waals surface area contributed by atoms with Gasteiger partial charge in [0, 0.05) is 11.6 Å². The molecule has 0 atom stereocenters. The average molecular weight is 465 g/mol. The first kappa shape index (κ1) is 22.6. The minimum atomic E-state index is -0.456. The second-order valence-corrected chi connectivity index (χ2v) is 8.22. The van der Waals surface area contributed by atoms with Crippen LogP contribution in [0.5, 0.6) is 17.2 Å². The van der Waals surface area contributed by atoms with Gasteiger partial charge < -0.3 is 14.2 Å². The number of ether oxygens (including phenoxy) is 3. The van der Waals surface area contributed by atoms with Gasteiger partial charge in [-0.2, -0.15) is 15.1 Å². The van der Waals surface area contributed by atoms with Crippen LogP contribution in [0.15, 0.2) is 64.2 Å². The highest BCUT2D eigenvalue weighted by atomic mass is 32.2. The van der Waals surface area contributed by atoms with Crippen LogP contribution in [-0.2, 0) is 4.79 Å². The molecule has 33 heavy (non-hydrogen) atoms. The second-order valence-electron chi connectivity index (χ2n) is 7.18. The van der Waals surface area contributed by atoms with E-state index in [2.05, 4.69) is 17.0 Å². The number of aliphatic imine (C=N–C) groups is 1. The number of carbonyl (C=O) groups is 1. The van der Waals surface area contributed by atoms with Crippen molar-refractivity contribution in [3.63, 3.8) is 0 Å². The van der Waals surface area contributed by atoms with Crippen LogP contribution in [0, 0.1) is 5.41 Å². The van der Waals surface area contributed by atoms with E-state index in [-0.39, 0.29) is 11.4 Å². The molecule has 0 saturated heterocycles. The van der Waals surface area contributed by atoms with Crippen LogP contribution in [0.1, 0.15) is 25.3 Å². The number of rotatable bonds is 9. The van der Waals surface area contributed by atoms with Crippen molar-refractivity contribution in [1.82, 2.24) is 5.01 Å². The Kier molecular flexibility index (Phi) is 7.09. The molecule has 2 heterocycles. The van der Waals surface area contributed by atoms with Crippen LogP contribution < -0.4 is 14.2 Å². The highest BCUT2D eigenvalue weighted by Crippen LogP contribution is 2.31. The lowest BCUT2D eigenvalue weighted by Crippen LogP contribution is -2.35. The van der Waals surface area contributed by atoms with Gasteiger partial charge in [0.2, 0.25) is 5.17 Å². The van der Waals surface area contributed by atoms with Crippen LogP contribution in [0.2, 0.25) is 0 Å². The largest absolute Gasteiger partial charge is 0.497 e. The minimum Gasteiger partial charge on any atom is -0.497 e. The first-order valence-electron chi connectivity index (χ1n) is 10.6. The Morgan fingerprint density at radius 3 is 2.70 bits per heavy atom. The number of hydrogen-bond acceptors (Lipinski definition) is 7. The van der Waals surface area contributed by atoms with E-state index in [1.54, 1.807) is 19.3 Å². The predicted molar refractivity (Wildman–Crippen MR) is 130 cm³/mol. The molecule has 9 heteroatoms. The molecule has 2 aromatic rings. The first-order valence-corrected chi connectivity index (χ1v) is 11.4. The van der Waals surface area contributed by atoms with Crippen molar-refractivity contribution in [2.45, 2.75) is 19.8 Å². The Bertz CT molecular complexity index is 1160. The maximum absolute atomic E-state index is 12.6. The number of amidine groups is 2. The zero-order chi connectivity index (χ0) is 23.2. The monoisotopic (exact) mass is 464 g/mol. The van der Waals surface area contributed by atoms with E-state index in [0.717, 1.165) is 23.6 Å². The van der Waals surface area contributed by atoms with E-state index < -0.39 is 5.91 Å². The third kappa shape index (κ3) is 5.25. The Morgan fingerprint density at radius 2 is 1.88 bits per heavy atom. The van der Waals surface area contributed by atoms with Gasteiger partial charge >= 0.3 is 0 Å². The number of nitrogens with zero attached hydrogens (tertiary/aromatic N) is 3.